The summed E-state index contributed by atoms with van der Waals surface area (Å²) >= 11 is 0. The van der Waals surface area contributed by atoms with Crippen molar-refractivity contribution in [2.75, 3.05) is 45.9 Å². The number of nitrogens with one attached hydrogen (secondary N) is 1. The minimum Gasteiger partial charge on any atom is -0.444 e. The Morgan fingerprint density at radius 1 is 1.06 bits per heavy atom. The first-order chi connectivity index (χ1) is 15.4. The van der Waals surface area contributed by atoms with Gasteiger partial charge in [-0.05, 0) is 32.8 Å². The van der Waals surface area contributed by atoms with E-state index < -0.39 is 30.5 Å². The summed E-state index contributed by atoms with van der Waals surface area (Å²) in [5, 5.41) is 2.72. The quantitative estimate of drug-likeness (QED) is 0.558. The van der Waals surface area contributed by atoms with Gasteiger partial charge in [0.1, 0.15) is 18.2 Å². The number of halogens is 3. The van der Waals surface area contributed by atoms with Gasteiger partial charge in [-0.15, -0.1) is 0 Å². The van der Waals surface area contributed by atoms with Crippen LogP contribution in [0.4, 0.5) is 18.0 Å². The van der Waals surface area contributed by atoms with Gasteiger partial charge in [-0.3, -0.25) is 9.69 Å². The zero-order valence-electron chi connectivity index (χ0n) is 19.5. The minimum atomic E-state index is -4.31. The lowest BCUT2D eigenvalue weighted by molar-refractivity contribution is -0.174. The Morgan fingerprint density at radius 3 is 2.27 bits per heavy atom. The highest BCUT2D eigenvalue weighted by molar-refractivity contribution is 5.86. The first kappa shape index (κ1) is 26.9. The number of carbonyl (C=O) groups is 2. The average molecular weight is 474 g/mol. The lowest BCUT2D eigenvalue weighted by Crippen LogP contribution is -2.56. The third kappa shape index (κ3) is 10.9. The number of hydrogen-bond donors (Lipinski definition) is 1. The standard InChI is InChI=1S/C23H34F3N3O4/c1-22(2,3)33-21(31)27-19(16-18-8-5-4-6-9-18)20(30)29-13-11-28(12-14-29)10-7-15-32-17-23(24,25)26/h4-6,8-9,19H,7,10-17H2,1-3H3,(H,27,31). The fraction of sp³-hybridized carbons (Fsp3) is 0.652. The second kappa shape index (κ2) is 12.2. The highest BCUT2D eigenvalue weighted by atomic mass is 19.4. The van der Waals surface area contributed by atoms with E-state index in [1.807, 2.05) is 30.3 Å². The number of alkyl halides is 3. The Morgan fingerprint density at radius 2 is 1.70 bits per heavy atom. The second-order valence-electron chi connectivity index (χ2n) is 9.08. The monoisotopic (exact) mass is 473 g/mol. The number of amides is 2. The number of hydrogen-bond acceptors (Lipinski definition) is 5. The molecule has 0 bridgehead atoms. The van der Waals surface area contributed by atoms with E-state index in [9.17, 15) is 22.8 Å². The van der Waals surface area contributed by atoms with Crippen LogP contribution in [-0.4, -0.2) is 85.6 Å². The minimum absolute atomic E-state index is 0.0393. The van der Waals surface area contributed by atoms with Crippen molar-refractivity contribution in [1.29, 1.82) is 0 Å². The van der Waals surface area contributed by atoms with Gasteiger partial charge in [0.2, 0.25) is 5.91 Å². The van der Waals surface area contributed by atoms with Gasteiger partial charge in [-0.2, -0.15) is 13.2 Å². The van der Waals surface area contributed by atoms with Crippen LogP contribution in [0.3, 0.4) is 0 Å². The van der Waals surface area contributed by atoms with Gasteiger partial charge in [-0.25, -0.2) is 4.79 Å². The fourth-order valence-electron chi connectivity index (χ4n) is 3.49. The first-order valence-corrected chi connectivity index (χ1v) is 11.1. The molecule has 1 fully saturated rings. The molecule has 0 aromatic heterocycles. The summed E-state index contributed by atoms with van der Waals surface area (Å²) in [7, 11) is 0. The van der Waals surface area contributed by atoms with Gasteiger partial charge in [-0.1, -0.05) is 30.3 Å². The van der Waals surface area contributed by atoms with Crippen LogP contribution in [-0.2, 0) is 20.7 Å². The van der Waals surface area contributed by atoms with Crippen molar-refractivity contribution >= 4 is 12.0 Å². The van der Waals surface area contributed by atoms with Gasteiger partial charge >= 0.3 is 12.3 Å². The van der Waals surface area contributed by atoms with E-state index in [1.54, 1.807) is 25.7 Å². The van der Waals surface area contributed by atoms with Crippen molar-refractivity contribution in [1.82, 2.24) is 15.1 Å². The summed E-state index contributed by atoms with van der Waals surface area (Å²) in [5.74, 6) is -0.183. The van der Waals surface area contributed by atoms with Gasteiger partial charge < -0.3 is 19.7 Å². The molecule has 1 saturated heterocycles. The number of carbonyl (C=O) groups excluding carboxylic acids is 2. The fourth-order valence-corrected chi connectivity index (χ4v) is 3.49. The van der Waals surface area contributed by atoms with Gasteiger partial charge in [0.25, 0.3) is 0 Å². The van der Waals surface area contributed by atoms with Crippen LogP contribution < -0.4 is 5.32 Å². The Labute approximate surface area is 193 Å². The molecule has 0 spiro atoms. The van der Waals surface area contributed by atoms with Crippen molar-refractivity contribution in [3.63, 3.8) is 0 Å². The number of ether oxygens (including phenoxy) is 2. The summed E-state index contributed by atoms with van der Waals surface area (Å²) in [6.45, 7) is 6.85. The molecule has 1 N–H and O–H groups in total. The van der Waals surface area contributed by atoms with E-state index in [-0.39, 0.29) is 12.5 Å². The van der Waals surface area contributed by atoms with Crippen molar-refractivity contribution < 1.29 is 32.2 Å². The lowest BCUT2D eigenvalue weighted by Gasteiger charge is -2.36. The topological polar surface area (TPSA) is 71.1 Å². The lowest BCUT2D eigenvalue weighted by atomic mass is 10.0. The van der Waals surface area contributed by atoms with E-state index in [0.717, 1.165) is 5.56 Å². The number of alkyl carbamates (subject to hydrolysis) is 1. The molecule has 33 heavy (non-hydrogen) atoms. The Bertz CT molecular complexity index is 746. The predicted molar refractivity (Wildman–Crippen MR) is 118 cm³/mol. The molecular weight excluding hydrogens is 439 g/mol. The van der Waals surface area contributed by atoms with Gasteiger partial charge in [0.15, 0.2) is 0 Å². The van der Waals surface area contributed by atoms with Gasteiger partial charge in [0, 0.05) is 45.8 Å². The molecule has 1 aromatic carbocycles. The van der Waals surface area contributed by atoms with E-state index in [1.165, 1.54) is 0 Å². The number of benzene rings is 1. The summed E-state index contributed by atoms with van der Waals surface area (Å²) in [6, 6.07) is 8.67. The van der Waals surface area contributed by atoms with E-state index in [2.05, 4.69) is 15.0 Å². The smallest absolute Gasteiger partial charge is 0.411 e. The molecule has 2 amide bonds. The maximum absolute atomic E-state index is 13.2. The van der Waals surface area contributed by atoms with Crippen LogP contribution in [0.5, 0.6) is 0 Å². The maximum Gasteiger partial charge on any atom is 0.411 e. The highest BCUT2D eigenvalue weighted by Crippen LogP contribution is 2.15. The Balaban J connectivity index is 1.86. The zero-order valence-corrected chi connectivity index (χ0v) is 19.5. The average Bonchev–Trinajstić information content (AvgIpc) is 2.71. The van der Waals surface area contributed by atoms with Crippen molar-refractivity contribution in [3.05, 3.63) is 35.9 Å². The van der Waals surface area contributed by atoms with Crippen molar-refractivity contribution in [3.8, 4) is 0 Å². The molecule has 0 radical (unpaired) electrons. The van der Waals surface area contributed by atoms with Crippen LogP contribution in [0, 0.1) is 0 Å². The molecule has 1 atom stereocenters. The third-order valence-electron chi connectivity index (χ3n) is 4.98. The summed E-state index contributed by atoms with van der Waals surface area (Å²) in [6.07, 6.45) is -4.12. The molecule has 1 aliphatic rings. The molecule has 0 aliphatic carbocycles. The van der Waals surface area contributed by atoms with Crippen molar-refractivity contribution in [2.24, 2.45) is 0 Å². The Hall–Kier alpha value is -2.33. The van der Waals surface area contributed by atoms with Crippen LogP contribution >= 0.6 is 0 Å². The van der Waals surface area contributed by atoms with E-state index >= 15 is 0 Å². The van der Waals surface area contributed by atoms with Crippen LogP contribution in [0.25, 0.3) is 0 Å². The van der Waals surface area contributed by atoms with Crippen LogP contribution in [0.2, 0.25) is 0 Å². The van der Waals surface area contributed by atoms with E-state index in [0.29, 0.717) is 45.6 Å². The Kier molecular flexibility index (Phi) is 9.97. The molecule has 10 heteroatoms. The number of rotatable bonds is 9. The molecule has 1 aromatic rings. The van der Waals surface area contributed by atoms with Crippen molar-refractivity contribution in [2.45, 2.75) is 51.4 Å². The van der Waals surface area contributed by atoms with E-state index in [4.69, 9.17) is 4.74 Å². The summed E-state index contributed by atoms with van der Waals surface area (Å²) in [5.41, 5.74) is 0.240. The molecule has 7 nitrogen and oxygen atoms in total. The summed E-state index contributed by atoms with van der Waals surface area (Å²) in [4.78, 5) is 29.4. The SMILES string of the molecule is CC(C)(C)OC(=O)NC(Cc1ccccc1)C(=O)N1CCN(CCCOCC(F)(F)F)CC1. The first-order valence-electron chi connectivity index (χ1n) is 11.1. The normalized spacial score (nSPS) is 16.4. The molecular formula is C23H34F3N3O4. The van der Waals surface area contributed by atoms with Crippen LogP contribution in [0.15, 0.2) is 30.3 Å². The maximum atomic E-state index is 13.2. The third-order valence-corrected chi connectivity index (χ3v) is 4.98. The zero-order chi connectivity index (χ0) is 24.5. The van der Waals surface area contributed by atoms with Crippen LogP contribution in [0.1, 0.15) is 32.8 Å². The second-order valence-corrected chi connectivity index (χ2v) is 9.08. The molecule has 1 aliphatic heterocycles. The predicted octanol–water partition coefficient (Wildman–Crippen LogP) is 3.24. The molecule has 2 rings (SSSR count). The molecule has 186 valence electrons. The summed E-state index contributed by atoms with van der Waals surface area (Å²) < 4.78 is 46.3. The largest absolute Gasteiger partial charge is 0.444 e. The molecule has 1 unspecified atom stereocenters. The molecule has 1 heterocycles. The van der Waals surface area contributed by atoms with Gasteiger partial charge in [0.05, 0.1) is 0 Å². The number of nitrogens with zero attached hydrogens (tertiary/aromatic N) is 2. The molecule has 0 saturated carbocycles. The highest BCUT2D eigenvalue weighted by Gasteiger charge is 2.30. The number of piperazine rings is 1.